The summed E-state index contributed by atoms with van der Waals surface area (Å²) in [6.07, 6.45) is 2.34. The Morgan fingerprint density at radius 3 is 2.82 bits per heavy atom. The molecule has 6 heteroatoms. The van der Waals surface area contributed by atoms with Crippen molar-refractivity contribution in [3.8, 4) is 11.3 Å². The lowest BCUT2D eigenvalue weighted by atomic mass is 10.1. The molecule has 0 aliphatic carbocycles. The van der Waals surface area contributed by atoms with Crippen LogP contribution in [0.1, 0.15) is 21.5 Å². The standard InChI is InChI=1S/C11H11ClN2O2S/c1-3-8-6(4-9(17-8)11(15)16)10-7(12)5-13-14(10)2/h4-5H,3H2,1-2H3,(H,15,16). The minimum Gasteiger partial charge on any atom is -0.477 e. The number of carbonyl (C=O) groups is 1. The Kier molecular flexibility index (Phi) is 3.22. The number of halogens is 1. The topological polar surface area (TPSA) is 55.1 Å². The highest BCUT2D eigenvalue weighted by Crippen LogP contribution is 2.35. The van der Waals surface area contributed by atoms with Crippen LogP contribution in [-0.4, -0.2) is 20.9 Å². The zero-order valence-corrected chi connectivity index (χ0v) is 11.0. The van der Waals surface area contributed by atoms with Crippen LogP contribution in [0.5, 0.6) is 0 Å². The summed E-state index contributed by atoms with van der Waals surface area (Å²) in [6.45, 7) is 1.99. The van der Waals surface area contributed by atoms with E-state index < -0.39 is 5.97 Å². The molecule has 0 bridgehead atoms. The Bertz CT molecular complexity index is 555. The number of thiophene rings is 1. The molecule has 90 valence electrons. The van der Waals surface area contributed by atoms with E-state index in [1.165, 1.54) is 11.3 Å². The number of aryl methyl sites for hydroxylation is 2. The van der Waals surface area contributed by atoms with Crippen molar-refractivity contribution in [2.75, 3.05) is 0 Å². The molecule has 0 radical (unpaired) electrons. The number of nitrogens with zero attached hydrogens (tertiary/aromatic N) is 2. The Balaban J connectivity index is 2.62. The van der Waals surface area contributed by atoms with Crippen molar-refractivity contribution >= 4 is 28.9 Å². The lowest BCUT2D eigenvalue weighted by molar-refractivity contribution is 0.0702. The number of hydrogen-bond acceptors (Lipinski definition) is 3. The molecule has 0 spiro atoms. The third-order valence-electron chi connectivity index (χ3n) is 2.49. The summed E-state index contributed by atoms with van der Waals surface area (Å²) in [7, 11) is 1.79. The zero-order valence-electron chi connectivity index (χ0n) is 9.40. The van der Waals surface area contributed by atoms with Crippen molar-refractivity contribution in [1.82, 2.24) is 9.78 Å². The SMILES string of the molecule is CCc1sc(C(=O)O)cc1-c1c(Cl)cnn1C. The molecule has 0 aromatic carbocycles. The monoisotopic (exact) mass is 270 g/mol. The maximum absolute atomic E-state index is 11.0. The van der Waals surface area contributed by atoms with Gasteiger partial charge in [-0.15, -0.1) is 11.3 Å². The molecule has 2 aromatic heterocycles. The predicted molar refractivity (Wildman–Crippen MR) is 67.9 cm³/mol. The number of carboxylic acids is 1. The summed E-state index contributed by atoms with van der Waals surface area (Å²) in [4.78, 5) is 12.3. The Morgan fingerprint density at radius 2 is 2.35 bits per heavy atom. The van der Waals surface area contributed by atoms with Crippen LogP contribution in [0, 0.1) is 0 Å². The summed E-state index contributed by atoms with van der Waals surface area (Å²) in [5, 5.41) is 13.6. The van der Waals surface area contributed by atoms with Crippen LogP contribution >= 0.6 is 22.9 Å². The first-order chi connectivity index (χ1) is 8.04. The Labute approximate surface area is 107 Å². The minimum atomic E-state index is -0.908. The van der Waals surface area contributed by atoms with E-state index in [1.54, 1.807) is 24.0 Å². The molecule has 0 aliphatic heterocycles. The molecule has 17 heavy (non-hydrogen) atoms. The van der Waals surface area contributed by atoms with Gasteiger partial charge in [-0.1, -0.05) is 18.5 Å². The third kappa shape index (κ3) is 2.08. The lowest BCUT2D eigenvalue weighted by Crippen LogP contribution is -1.94. The molecular weight excluding hydrogens is 260 g/mol. The van der Waals surface area contributed by atoms with Gasteiger partial charge >= 0.3 is 5.97 Å². The van der Waals surface area contributed by atoms with Crippen LogP contribution in [-0.2, 0) is 13.5 Å². The number of hydrogen-bond donors (Lipinski definition) is 1. The molecule has 0 fully saturated rings. The van der Waals surface area contributed by atoms with Crippen molar-refractivity contribution < 1.29 is 9.90 Å². The van der Waals surface area contributed by atoms with Crippen LogP contribution in [0.3, 0.4) is 0 Å². The molecule has 0 unspecified atom stereocenters. The lowest BCUT2D eigenvalue weighted by Gasteiger charge is -2.02. The average molecular weight is 271 g/mol. The molecule has 0 saturated carbocycles. The largest absolute Gasteiger partial charge is 0.477 e. The fourth-order valence-corrected chi connectivity index (χ4v) is 2.92. The van der Waals surface area contributed by atoms with Gasteiger partial charge in [0.1, 0.15) is 4.88 Å². The van der Waals surface area contributed by atoms with Crippen LogP contribution in [0.2, 0.25) is 5.02 Å². The van der Waals surface area contributed by atoms with Gasteiger partial charge < -0.3 is 5.11 Å². The van der Waals surface area contributed by atoms with Crippen LogP contribution < -0.4 is 0 Å². The highest BCUT2D eigenvalue weighted by molar-refractivity contribution is 7.14. The first-order valence-corrected chi connectivity index (χ1v) is 6.28. The van der Waals surface area contributed by atoms with Gasteiger partial charge in [0.25, 0.3) is 0 Å². The Hall–Kier alpha value is -1.33. The van der Waals surface area contributed by atoms with E-state index in [2.05, 4.69) is 5.10 Å². The first kappa shape index (κ1) is 12.1. The van der Waals surface area contributed by atoms with Gasteiger partial charge in [-0.3, -0.25) is 4.68 Å². The number of rotatable bonds is 3. The van der Waals surface area contributed by atoms with Gasteiger partial charge in [0, 0.05) is 17.5 Å². The van der Waals surface area contributed by atoms with Crippen molar-refractivity contribution in [2.45, 2.75) is 13.3 Å². The van der Waals surface area contributed by atoms with Crippen LogP contribution in [0.15, 0.2) is 12.3 Å². The third-order valence-corrected chi connectivity index (χ3v) is 4.03. The van der Waals surface area contributed by atoms with Crippen molar-refractivity contribution in [3.05, 3.63) is 27.0 Å². The summed E-state index contributed by atoms with van der Waals surface area (Å²) < 4.78 is 1.66. The van der Waals surface area contributed by atoms with E-state index in [9.17, 15) is 4.79 Å². The molecule has 1 N–H and O–H groups in total. The molecule has 2 rings (SSSR count). The Morgan fingerprint density at radius 1 is 1.65 bits per heavy atom. The summed E-state index contributed by atoms with van der Waals surface area (Å²) in [5.74, 6) is -0.908. The molecule has 0 saturated heterocycles. The van der Waals surface area contributed by atoms with E-state index in [4.69, 9.17) is 16.7 Å². The summed E-state index contributed by atoms with van der Waals surface area (Å²) in [5.41, 5.74) is 1.63. The van der Waals surface area contributed by atoms with Gasteiger partial charge in [0.2, 0.25) is 0 Å². The van der Waals surface area contributed by atoms with E-state index in [1.807, 2.05) is 6.92 Å². The van der Waals surface area contributed by atoms with Gasteiger partial charge in [0.05, 0.1) is 16.9 Å². The smallest absolute Gasteiger partial charge is 0.345 e. The predicted octanol–water partition coefficient (Wildman–Crippen LogP) is 3.06. The molecule has 0 atom stereocenters. The maximum Gasteiger partial charge on any atom is 0.345 e. The highest BCUT2D eigenvalue weighted by atomic mass is 35.5. The normalized spacial score (nSPS) is 10.8. The molecule has 0 aliphatic rings. The number of carboxylic acid groups (broad SMARTS) is 1. The zero-order chi connectivity index (χ0) is 12.6. The minimum absolute atomic E-state index is 0.328. The molecule has 2 aromatic rings. The van der Waals surface area contributed by atoms with Gasteiger partial charge in [-0.05, 0) is 12.5 Å². The van der Waals surface area contributed by atoms with Crippen molar-refractivity contribution in [2.24, 2.45) is 7.05 Å². The second kappa shape index (κ2) is 4.50. The average Bonchev–Trinajstić information content (AvgIpc) is 2.82. The summed E-state index contributed by atoms with van der Waals surface area (Å²) in [6, 6.07) is 1.66. The van der Waals surface area contributed by atoms with Gasteiger partial charge in [-0.2, -0.15) is 5.10 Å². The van der Waals surface area contributed by atoms with Gasteiger partial charge in [0.15, 0.2) is 0 Å². The number of aromatic carboxylic acids is 1. The number of aromatic nitrogens is 2. The highest BCUT2D eigenvalue weighted by Gasteiger charge is 2.18. The van der Waals surface area contributed by atoms with Crippen LogP contribution in [0.25, 0.3) is 11.3 Å². The van der Waals surface area contributed by atoms with E-state index >= 15 is 0 Å². The van der Waals surface area contributed by atoms with Gasteiger partial charge in [-0.25, -0.2) is 4.79 Å². The summed E-state index contributed by atoms with van der Waals surface area (Å²) >= 11 is 7.36. The van der Waals surface area contributed by atoms with Crippen molar-refractivity contribution in [3.63, 3.8) is 0 Å². The quantitative estimate of drug-likeness (QED) is 0.933. The molecular formula is C11H11ClN2O2S. The molecule has 2 heterocycles. The first-order valence-electron chi connectivity index (χ1n) is 5.08. The van der Waals surface area contributed by atoms with Crippen LogP contribution in [0.4, 0.5) is 0 Å². The maximum atomic E-state index is 11.0. The van der Waals surface area contributed by atoms with E-state index in [-0.39, 0.29) is 0 Å². The second-order valence-electron chi connectivity index (χ2n) is 3.57. The fraction of sp³-hybridized carbons (Fsp3) is 0.273. The van der Waals surface area contributed by atoms with E-state index in [0.29, 0.717) is 9.90 Å². The second-order valence-corrected chi connectivity index (χ2v) is 5.11. The van der Waals surface area contributed by atoms with E-state index in [0.717, 1.165) is 22.6 Å². The molecule has 4 nitrogen and oxygen atoms in total. The molecule has 0 amide bonds. The van der Waals surface area contributed by atoms with Crippen molar-refractivity contribution in [1.29, 1.82) is 0 Å². The fourth-order valence-electron chi connectivity index (χ4n) is 1.71.